The lowest BCUT2D eigenvalue weighted by Crippen LogP contribution is -2.02. The molecule has 0 spiro atoms. The van der Waals surface area contributed by atoms with Crippen LogP contribution in [-0.2, 0) is 0 Å². The third-order valence-corrected chi connectivity index (χ3v) is 1.84. The largest absolute Gasteiger partial charge is 0.281 e. The maximum absolute atomic E-state index is 12.2. The fraction of sp³-hybridized carbons (Fsp3) is 0.143. The Morgan fingerprint density at radius 3 is 2.54 bits per heavy atom. The lowest BCUT2D eigenvalue weighted by Gasteiger charge is -2.04. The monoisotopic (exact) mass is 225 g/mol. The van der Waals surface area contributed by atoms with Gasteiger partial charge in [0.05, 0.1) is 10.6 Å². The Morgan fingerprint density at radius 1 is 1.54 bits per heavy atom. The van der Waals surface area contributed by atoms with Crippen molar-refractivity contribution >= 4 is 28.4 Å². The Bertz CT molecular complexity index is 343. The van der Waals surface area contributed by atoms with Gasteiger partial charge in [0.15, 0.2) is 0 Å². The Balaban J connectivity index is 3.34. The molecule has 0 N–H and O–H groups in total. The number of carbonyl (C=O) groups is 1. The van der Waals surface area contributed by atoms with Crippen LogP contribution < -0.4 is 0 Å². The van der Waals surface area contributed by atoms with E-state index in [1.807, 2.05) is 0 Å². The van der Waals surface area contributed by atoms with Crippen LogP contribution in [0, 0.1) is 0 Å². The van der Waals surface area contributed by atoms with Crippen molar-refractivity contribution in [2.45, 2.75) is 6.43 Å². The maximum atomic E-state index is 12.2. The summed E-state index contributed by atoms with van der Waals surface area (Å²) in [6.45, 7) is 0. The number of rotatable bonds is 2. The number of halogens is 4. The quantitative estimate of drug-likeness (QED) is 0.725. The van der Waals surface area contributed by atoms with E-state index in [-0.39, 0.29) is 5.02 Å². The van der Waals surface area contributed by atoms with Crippen LogP contribution in [0.5, 0.6) is 0 Å². The highest BCUT2D eigenvalue weighted by Gasteiger charge is 2.21. The van der Waals surface area contributed by atoms with Gasteiger partial charge >= 0.3 is 0 Å². The third-order valence-electron chi connectivity index (χ3n) is 1.33. The van der Waals surface area contributed by atoms with Crippen LogP contribution in [0.25, 0.3) is 0 Å². The molecule has 6 heteroatoms. The van der Waals surface area contributed by atoms with Crippen molar-refractivity contribution in [1.29, 1.82) is 0 Å². The molecule has 13 heavy (non-hydrogen) atoms. The number of hydrogen-bond acceptors (Lipinski definition) is 2. The molecule has 1 aromatic rings. The smallest absolute Gasteiger partial charge is 0.275 e. The zero-order valence-corrected chi connectivity index (χ0v) is 7.61. The van der Waals surface area contributed by atoms with E-state index in [2.05, 4.69) is 4.98 Å². The first kappa shape index (κ1) is 10.3. The van der Waals surface area contributed by atoms with Crippen LogP contribution in [0.1, 0.15) is 22.5 Å². The van der Waals surface area contributed by atoms with E-state index in [1.54, 1.807) is 0 Å². The van der Waals surface area contributed by atoms with Gasteiger partial charge in [0.1, 0.15) is 5.69 Å². The Kier molecular flexibility index (Phi) is 3.17. The average Bonchev–Trinajstić information content (AvgIpc) is 2.02. The normalized spacial score (nSPS) is 10.5. The molecule has 70 valence electrons. The highest BCUT2D eigenvalue weighted by Crippen LogP contribution is 2.27. The first-order valence-corrected chi connectivity index (χ1v) is 3.92. The van der Waals surface area contributed by atoms with Crippen molar-refractivity contribution in [3.8, 4) is 0 Å². The molecule has 0 radical (unpaired) electrons. The van der Waals surface area contributed by atoms with Crippen LogP contribution in [0.4, 0.5) is 8.78 Å². The fourth-order valence-electron chi connectivity index (χ4n) is 0.813. The predicted molar refractivity (Wildman–Crippen MR) is 44.4 cm³/mol. The van der Waals surface area contributed by atoms with Crippen molar-refractivity contribution < 1.29 is 13.6 Å². The minimum Gasteiger partial charge on any atom is -0.275 e. The van der Waals surface area contributed by atoms with Crippen LogP contribution in [0.2, 0.25) is 5.02 Å². The first-order chi connectivity index (χ1) is 6.04. The van der Waals surface area contributed by atoms with Gasteiger partial charge in [-0.2, -0.15) is 0 Å². The minimum absolute atomic E-state index is 0.120. The molecule has 0 aromatic carbocycles. The van der Waals surface area contributed by atoms with E-state index in [9.17, 15) is 13.6 Å². The Hall–Kier alpha value is -0.740. The van der Waals surface area contributed by atoms with Crippen LogP contribution >= 0.6 is 23.2 Å². The zero-order chi connectivity index (χ0) is 10.0. The van der Waals surface area contributed by atoms with E-state index in [0.717, 1.165) is 6.20 Å². The summed E-state index contributed by atoms with van der Waals surface area (Å²) < 4.78 is 24.5. The van der Waals surface area contributed by atoms with Gasteiger partial charge in [0.2, 0.25) is 0 Å². The zero-order valence-electron chi connectivity index (χ0n) is 6.10. The Morgan fingerprint density at radius 2 is 2.15 bits per heavy atom. The molecule has 0 bridgehead atoms. The number of aromatic nitrogens is 1. The summed E-state index contributed by atoms with van der Waals surface area (Å²) in [6, 6.07) is 1.23. The summed E-state index contributed by atoms with van der Waals surface area (Å²) >= 11 is 10.6. The number of pyridine rings is 1. The highest BCUT2D eigenvalue weighted by atomic mass is 35.5. The molecule has 1 rings (SSSR count). The summed E-state index contributed by atoms with van der Waals surface area (Å²) in [5.41, 5.74) is -1.12. The van der Waals surface area contributed by atoms with Crippen molar-refractivity contribution in [3.63, 3.8) is 0 Å². The SMILES string of the molecule is O=C(Cl)c1c(Cl)ccnc1C(F)F. The summed E-state index contributed by atoms with van der Waals surface area (Å²) in [7, 11) is 0. The second-order valence-corrected chi connectivity index (χ2v) is 2.88. The van der Waals surface area contributed by atoms with Crippen LogP contribution in [0.3, 0.4) is 0 Å². The molecule has 0 saturated carbocycles. The lowest BCUT2D eigenvalue weighted by molar-refractivity contribution is 0.106. The summed E-state index contributed by atoms with van der Waals surface area (Å²) in [5.74, 6) is 0. The van der Waals surface area contributed by atoms with E-state index >= 15 is 0 Å². The van der Waals surface area contributed by atoms with Gasteiger partial charge in [-0.25, -0.2) is 8.78 Å². The highest BCUT2D eigenvalue weighted by molar-refractivity contribution is 6.68. The van der Waals surface area contributed by atoms with Crippen molar-refractivity contribution in [3.05, 3.63) is 28.5 Å². The van der Waals surface area contributed by atoms with E-state index in [4.69, 9.17) is 23.2 Å². The van der Waals surface area contributed by atoms with Crippen LogP contribution in [0.15, 0.2) is 12.3 Å². The van der Waals surface area contributed by atoms with E-state index in [1.165, 1.54) is 6.07 Å². The first-order valence-electron chi connectivity index (χ1n) is 3.16. The molecule has 0 aliphatic heterocycles. The van der Waals surface area contributed by atoms with Crippen molar-refractivity contribution in [1.82, 2.24) is 4.98 Å². The van der Waals surface area contributed by atoms with E-state index in [0.29, 0.717) is 0 Å². The van der Waals surface area contributed by atoms with Gasteiger partial charge in [-0.1, -0.05) is 11.6 Å². The number of nitrogens with zero attached hydrogens (tertiary/aromatic N) is 1. The molecular formula is C7H3Cl2F2NO. The van der Waals surface area contributed by atoms with Crippen molar-refractivity contribution in [2.24, 2.45) is 0 Å². The minimum atomic E-state index is -2.86. The summed E-state index contributed by atoms with van der Waals surface area (Å²) in [5, 5.41) is -1.15. The molecule has 1 aromatic heterocycles. The summed E-state index contributed by atoms with van der Waals surface area (Å²) in [4.78, 5) is 14.0. The third kappa shape index (κ3) is 2.14. The molecular weight excluding hydrogens is 223 g/mol. The number of carbonyl (C=O) groups excluding carboxylic acids is 1. The molecule has 0 saturated heterocycles. The number of alkyl halides is 2. The van der Waals surface area contributed by atoms with Gasteiger partial charge in [-0.15, -0.1) is 0 Å². The van der Waals surface area contributed by atoms with Crippen LogP contribution in [-0.4, -0.2) is 10.2 Å². The predicted octanol–water partition coefficient (Wildman–Crippen LogP) is 3.05. The van der Waals surface area contributed by atoms with E-state index < -0.39 is 22.9 Å². The Labute approximate surface area is 82.5 Å². The molecule has 1 heterocycles. The summed E-state index contributed by atoms with van der Waals surface area (Å²) in [6.07, 6.45) is -1.77. The lowest BCUT2D eigenvalue weighted by atomic mass is 10.2. The standard InChI is InChI=1S/C7H3Cl2F2NO/c8-3-1-2-12-5(7(10)11)4(3)6(9)13/h1-2,7H. The molecule has 2 nitrogen and oxygen atoms in total. The topological polar surface area (TPSA) is 30.0 Å². The fourth-order valence-corrected chi connectivity index (χ4v) is 1.30. The second kappa shape index (κ2) is 3.98. The van der Waals surface area contributed by atoms with Gasteiger partial charge in [0, 0.05) is 6.20 Å². The molecule has 0 fully saturated rings. The molecule has 0 atom stereocenters. The second-order valence-electron chi connectivity index (χ2n) is 2.13. The maximum Gasteiger partial charge on any atom is 0.281 e. The van der Waals surface area contributed by atoms with Gasteiger partial charge in [0.25, 0.3) is 11.7 Å². The number of hydrogen-bond donors (Lipinski definition) is 0. The van der Waals surface area contributed by atoms with Gasteiger partial charge in [-0.05, 0) is 17.7 Å². The van der Waals surface area contributed by atoms with Crippen molar-refractivity contribution in [2.75, 3.05) is 0 Å². The molecule has 0 aliphatic carbocycles. The van der Waals surface area contributed by atoms with Gasteiger partial charge < -0.3 is 0 Å². The average molecular weight is 226 g/mol. The molecule has 0 unspecified atom stereocenters. The molecule has 0 amide bonds. The van der Waals surface area contributed by atoms with Gasteiger partial charge in [-0.3, -0.25) is 9.78 Å². The molecule has 0 aliphatic rings.